The quantitative estimate of drug-likeness (QED) is 0.870. The van der Waals surface area contributed by atoms with E-state index >= 15 is 0 Å². The van der Waals surface area contributed by atoms with Crippen molar-refractivity contribution in [3.63, 3.8) is 0 Å². The van der Waals surface area contributed by atoms with Gasteiger partial charge in [-0.2, -0.15) is 0 Å². The van der Waals surface area contributed by atoms with Crippen molar-refractivity contribution in [2.45, 2.75) is 26.7 Å². The summed E-state index contributed by atoms with van der Waals surface area (Å²) in [5.41, 5.74) is 6.78. The number of hydroxylamine groups is 2. The highest BCUT2D eigenvalue weighted by molar-refractivity contribution is 7.20. The summed E-state index contributed by atoms with van der Waals surface area (Å²) in [6.45, 7) is 4.90. The summed E-state index contributed by atoms with van der Waals surface area (Å²) in [4.78, 5) is 27.8. The van der Waals surface area contributed by atoms with E-state index < -0.39 is 0 Å². The van der Waals surface area contributed by atoms with Crippen molar-refractivity contribution in [2.75, 3.05) is 18.9 Å². The number of rotatable bonds is 1. The van der Waals surface area contributed by atoms with E-state index in [0.29, 0.717) is 29.7 Å². The monoisotopic (exact) mass is 292 g/mol. The van der Waals surface area contributed by atoms with Crippen LogP contribution in [0, 0.1) is 13.8 Å². The molecule has 2 aromatic heterocycles. The molecule has 1 saturated heterocycles. The van der Waals surface area contributed by atoms with Gasteiger partial charge in [0, 0.05) is 6.54 Å². The third-order valence-electron chi connectivity index (χ3n) is 3.35. The Kier molecular flexibility index (Phi) is 3.31. The maximum absolute atomic E-state index is 12.5. The molecule has 20 heavy (non-hydrogen) atoms. The summed E-state index contributed by atoms with van der Waals surface area (Å²) in [6.07, 6.45) is 1.96. The Morgan fingerprint density at radius 3 is 2.85 bits per heavy atom. The van der Waals surface area contributed by atoms with E-state index in [1.807, 2.05) is 6.92 Å². The van der Waals surface area contributed by atoms with Gasteiger partial charge in [-0.3, -0.25) is 9.63 Å². The molecule has 0 aromatic carbocycles. The Labute approximate surface area is 120 Å². The highest BCUT2D eigenvalue weighted by atomic mass is 32.1. The first-order valence-electron chi connectivity index (χ1n) is 6.56. The van der Waals surface area contributed by atoms with Gasteiger partial charge in [0.05, 0.1) is 12.0 Å². The number of nitrogens with zero attached hydrogens (tertiary/aromatic N) is 3. The van der Waals surface area contributed by atoms with Crippen LogP contribution in [0.3, 0.4) is 0 Å². The van der Waals surface area contributed by atoms with E-state index in [1.54, 1.807) is 6.92 Å². The molecule has 7 heteroatoms. The van der Waals surface area contributed by atoms with Gasteiger partial charge in [0.25, 0.3) is 5.91 Å². The van der Waals surface area contributed by atoms with Gasteiger partial charge in [-0.25, -0.2) is 15.0 Å². The highest BCUT2D eigenvalue weighted by Gasteiger charge is 2.25. The maximum Gasteiger partial charge on any atom is 0.287 e. The van der Waals surface area contributed by atoms with Gasteiger partial charge in [0.15, 0.2) is 0 Å². The van der Waals surface area contributed by atoms with Gasteiger partial charge in [0.2, 0.25) is 0 Å². The molecule has 0 spiro atoms. The van der Waals surface area contributed by atoms with Crippen molar-refractivity contribution < 1.29 is 9.63 Å². The molecule has 0 radical (unpaired) electrons. The number of hydrogen-bond donors (Lipinski definition) is 1. The Hall–Kier alpha value is -1.73. The van der Waals surface area contributed by atoms with Crippen LogP contribution < -0.4 is 5.73 Å². The predicted octanol–water partition coefficient (Wildman–Crippen LogP) is 2.06. The SMILES string of the molecule is Cc1nc(N)c2c(C)c(C(=O)N3CCCCO3)sc2n1. The Balaban J connectivity index is 2.05. The van der Waals surface area contributed by atoms with Crippen molar-refractivity contribution >= 4 is 33.3 Å². The number of nitrogen functional groups attached to an aromatic ring is 1. The summed E-state index contributed by atoms with van der Waals surface area (Å²) in [5, 5.41) is 2.22. The van der Waals surface area contributed by atoms with E-state index in [4.69, 9.17) is 10.6 Å². The molecule has 0 atom stereocenters. The van der Waals surface area contributed by atoms with Crippen molar-refractivity contribution in [3.8, 4) is 0 Å². The van der Waals surface area contributed by atoms with Crippen LogP contribution in [-0.2, 0) is 4.84 Å². The van der Waals surface area contributed by atoms with Gasteiger partial charge >= 0.3 is 0 Å². The van der Waals surface area contributed by atoms with Crippen molar-refractivity contribution in [3.05, 3.63) is 16.3 Å². The number of hydrogen-bond acceptors (Lipinski definition) is 6. The molecule has 0 aliphatic carbocycles. The molecule has 1 fully saturated rings. The maximum atomic E-state index is 12.5. The standard InChI is InChI=1S/C13H16N4O2S/c1-7-9-11(14)15-8(2)16-12(9)20-10(7)13(18)17-5-3-4-6-19-17/h3-6H2,1-2H3,(H2,14,15,16). The molecular formula is C13H16N4O2S. The molecule has 0 bridgehead atoms. The highest BCUT2D eigenvalue weighted by Crippen LogP contribution is 2.33. The number of aromatic nitrogens is 2. The van der Waals surface area contributed by atoms with Crippen LogP contribution in [0.2, 0.25) is 0 Å². The molecular weight excluding hydrogens is 276 g/mol. The van der Waals surface area contributed by atoms with Crippen LogP contribution in [0.25, 0.3) is 10.2 Å². The van der Waals surface area contributed by atoms with E-state index in [9.17, 15) is 4.79 Å². The van der Waals surface area contributed by atoms with Gasteiger partial charge in [-0.15, -0.1) is 11.3 Å². The van der Waals surface area contributed by atoms with E-state index in [2.05, 4.69) is 9.97 Å². The lowest BCUT2D eigenvalue weighted by Gasteiger charge is -2.25. The fraction of sp³-hybridized carbons (Fsp3) is 0.462. The van der Waals surface area contributed by atoms with Crippen LogP contribution in [-0.4, -0.2) is 34.1 Å². The Morgan fingerprint density at radius 2 is 2.15 bits per heavy atom. The summed E-state index contributed by atoms with van der Waals surface area (Å²) in [5.74, 6) is 0.937. The van der Waals surface area contributed by atoms with Crippen LogP contribution >= 0.6 is 11.3 Å². The average molecular weight is 292 g/mol. The normalized spacial score (nSPS) is 15.8. The Bertz CT molecular complexity index is 677. The molecule has 1 aliphatic rings. The second-order valence-corrected chi connectivity index (χ2v) is 5.84. The fourth-order valence-electron chi connectivity index (χ4n) is 2.35. The van der Waals surface area contributed by atoms with Gasteiger partial charge in [-0.1, -0.05) is 0 Å². The van der Waals surface area contributed by atoms with Crippen LogP contribution in [0.5, 0.6) is 0 Å². The van der Waals surface area contributed by atoms with Gasteiger partial charge < -0.3 is 5.73 Å². The molecule has 1 aliphatic heterocycles. The summed E-state index contributed by atoms with van der Waals surface area (Å²) >= 11 is 1.35. The molecule has 1 amide bonds. The first kappa shape index (κ1) is 13.3. The fourth-order valence-corrected chi connectivity index (χ4v) is 3.53. The number of thiophene rings is 1. The van der Waals surface area contributed by atoms with Crippen LogP contribution in [0.1, 0.15) is 33.9 Å². The first-order valence-corrected chi connectivity index (χ1v) is 7.37. The molecule has 3 heterocycles. The lowest BCUT2D eigenvalue weighted by Crippen LogP contribution is -2.35. The zero-order valence-corrected chi connectivity index (χ0v) is 12.3. The van der Waals surface area contributed by atoms with Crippen molar-refractivity contribution in [1.29, 1.82) is 0 Å². The Morgan fingerprint density at radius 1 is 1.35 bits per heavy atom. The second-order valence-electron chi connectivity index (χ2n) is 4.84. The van der Waals surface area contributed by atoms with E-state index in [0.717, 1.165) is 28.6 Å². The molecule has 0 unspecified atom stereocenters. The van der Waals surface area contributed by atoms with Crippen molar-refractivity contribution in [1.82, 2.24) is 15.0 Å². The summed E-state index contributed by atoms with van der Waals surface area (Å²) < 4.78 is 0. The van der Waals surface area contributed by atoms with Crippen LogP contribution in [0.15, 0.2) is 0 Å². The molecule has 3 rings (SSSR count). The number of carbonyl (C=O) groups excluding carboxylic acids is 1. The minimum atomic E-state index is -0.109. The van der Waals surface area contributed by atoms with Gasteiger partial charge in [0.1, 0.15) is 21.3 Å². The molecule has 6 nitrogen and oxygen atoms in total. The zero-order chi connectivity index (χ0) is 14.3. The number of carbonyl (C=O) groups is 1. The third-order valence-corrected chi connectivity index (χ3v) is 4.53. The van der Waals surface area contributed by atoms with E-state index in [1.165, 1.54) is 16.4 Å². The number of amides is 1. The summed E-state index contributed by atoms with van der Waals surface area (Å²) in [7, 11) is 0. The molecule has 106 valence electrons. The lowest BCUT2D eigenvalue weighted by molar-refractivity contribution is -0.144. The van der Waals surface area contributed by atoms with Crippen molar-refractivity contribution in [2.24, 2.45) is 0 Å². The lowest BCUT2D eigenvalue weighted by atomic mass is 10.2. The second kappa shape index (κ2) is 4.99. The topological polar surface area (TPSA) is 81.3 Å². The first-order chi connectivity index (χ1) is 9.58. The minimum absolute atomic E-state index is 0.109. The smallest absolute Gasteiger partial charge is 0.287 e. The number of nitrogens with two attached hydrogens (primary N) is 1. The number of aryl methyl sites for hydroxylation is 2. The molecule has 0 saturated carbocycles. The van der Waals surface area contributed by atoms with E-state index in [-0.39, 0.29) is 5.91 Å². The average Bonchev–Trinajstić information content (AvgIpc) is 2.76. The van der Waals surface area contributed by atoms with Gasteiger partial charge in [-0.05, 0) is 32.3 Å². The number of fused-ring (bicyclic) bond motifs is 1. The molecule has 2 aromatic rings. The van der Waals surface area contributed by atoms with Crippen LogP contribution in [0.4, 0.5) is 5.82 Å². The number of anilines is 1. The largest absolute Gasteiger partial charge is 0.383 e. The third kappa shape index (κ3) is 2.12. The predicted molar refractivity (Wildman–Crippen MR) is 77.5 cm³/mol. The zero-order valence-electron chi connectivity index (χ0n) is 11.5. The minimum Gasteiger partial charge on any atom is -0.383 e. The molecule has 2 N–H and O–H groups in total. The summed E-state index contributed by atoms with van der Waals surface area (Å²) in [6, 6.07) is 0.